The summed E-state index contributed by atoms with van der Waals surface area (Å²) < 4.78 is 7.45. The van der Waals surface area contributed by atoms with E-state index in [1.54, 1.807) is 0 Å². The van der Waals surface area contributed by atoms with Crippen LogP contribution in [0.4, 0.5) is 0 Å². The first-order chi connectivity index (χ1) is 11.2. The number of nitrogens with zero attached hydrogens (tertiary/aromatic N) is 2. The molecule has 1 heterocycles. The third-order valence-corrected chi connectivity index (χ3v) is 4.90. The van der Waals surface area contributed by atoms with Gasteiger partial charge in [-0.05, 0) is 58.8 Å². The smallest absolute Gasteiger partial charge is 0.135 e. The molecule has 0 spiro atoms. The molecule has 0 atom stereocenters. The van der Waals surface area contributed by atoms with Gasteiger partial charge in [0.2, 0.25) is 0 Å². The maximum atomic E-state index is 9.49. The minimum Gasteiger partial charge on any atom is -0.493 e. The van der Waals surface area contributed by atoms with Gasteiger partial charge in [-0.3, -0.25) is 0 Å². The molecular formula is C18H13BrN2OS. The van der Waals surface area contributed by atoms with Crippen molar-refractivity contribution in [3.05, 3.63) is 57.5 Å². The van der Waals surface area contributed by atoms with E-state index >= 15 is 0 Å². The number of hydrogen-bond donors (Lipinski definition) is 0. The van der Waals surface area contributed by atoms with Crippen LogP contribution in [0.5, 0.6) is 5.75 Å². The SMILES string of the molecule is CCOc1ccc(/C=C(/C#N)c2nc3ccccc3s2)cc1Br. The first-order valence-electron chi connectivity index (χ1n) is 7.11. The van der Waals surface area contributed by atoms with E-state index < -0.39 is 0 Å². The molecule has 0 saturated heterocycles. The van der Waals surface area contributed by atoms with E-state index in [1.807, 2.05) is 55.5 Å². The predicted molar refractivity (Wildman–Crippen MR) is 98.4 cm³/mol. The molecule has 0 radical (unpaired) electrons. The standard InChI is InChI=1S/C18H13BrN2OS/c1-2-22-16-8-7-12(10-14(16)19)9-13(11-20)18-21-15-5-3-4-6-17(15)23-18/h3-10H,2H2,1H3/b13-9-. The fraction of sp³-hybridized carbons (Fsp3) is 0.111. The molecule has 3 aromatic rings. The number of halogens is 1. The van der Waals surface area contributed by atoms with E-state index in [4.69, 9.17) is 4.74 Å². The molecule has 1 aromatic heterocycles. The highest BCUT2D eigenvalue weighted by Gasteiger charge is 2.09. The monoisotopic (exact) mass is 384 g/mol. The number of para-hydroxylation sites is 1. The van der Waals surface area contributed by atoms with Gasteiger partial charge in [0.05, 0.1) is 26.9 Å². The summed E-state index contributed by atoms with van der Waals surface area (Å²) in [5, 5.41) is 10.2. The second kappa shape index (κ2) is 6.95. The summed E-state index contributed by atoms with van der Waals surface area (Å²) in [5.74, 6) is 0.795. The quantitative estimate of drug-likeness (QED) is 0.556. The Morgan fingerprint density at radius 2 is 2.17 bits per heavy atom. The van der Waals surface area contributed by atoms with Gasteiger partial charge in [0, 0.05) is 0 Å². The van der Waals surface area contributed by atoms with Crippen LogP contribution in [0.1, 0.15) is 17.5 Å². The van der Waals surface area contributed by atoms with Gasteiger partial charge in [-0.2, -0.15) is 5.26 Å². The van der Waals surface area contributed by atoms with Crippen LogP contribution in [-0.2, 0) is 0 Å². The zero-order valence-electron chi connectivity index (χ0n) is 12.4. The summed E-state index contributed by atoms with van der Waals surface area (Å²) in [5.41, 5.74) is 2.40. The highest BCUT2D eigenvalue weighted by molar-refractivity contribution is 9.10. The Balaban J connectivity index is 1.98. The number of nitriles is 1. The van der Waals surface area contributed by atoms with Crippen molar-refractivity contribution < 1.29 is 4.74 Å². The lowest BCUT2D eigenvalue weighted by Crippen LogP contribution is -1.92. The van der Waals surface area contributed by atoms with Crippen molar-refractivity contribution in [1.29, 1.82) is 5.26 Å². The van der Waals surface area contributed by atoms with Crippen LogP contribution in [-0.4, -0.2) is 11.6 Å². The van der Waals surface area contributed by atoms with E-state index in [0.717, 1.165) is 31.0 Å². The average Bonchev–Trinajstić information content (AvgIpc) is 2.99. The summed E-state index contributed by atoms with van der Waals surface area (Å²) in [6.45, 7) is 2.56. The first kappa shape index (κ1) is 15.7. The van der Waals surface area contributed by atoms with Crippen LogP contribution in [0, 0.1) is 11.3 Å². The van der Waals surface area contributed by atoms with Gasteiger partial charge in [-0.25, -0.2) is 4.98 Å². The summed E-state index contributed by atoms with van der Waals surface area (Å²) in [7, 11) is 0. The molecule has 114 valence electrons. The average molecular weight is 385 g/mol. The van der Waals surface area contributed by atoms with E-state index in [-0.39, 0.29) is 0 Å². The molecule has 0 amide bonds. The van der Waals surface area contributed by atoms with Crippen molar-refractivity contribution in [3.63, 3.8) is 0 Å². The van der Waals surface area contributed by atoms with Gasteiger partial charge in [0.15, 0.2) is 0 Å². The lowest BCUT2D eigenvalue weighted by molar-refractivity contribution is 0.338. The number of fused-ring (bicyclic) bond motifs is 1. The van der Waals surface area contributed by atoms with Crippen LogP contribution in [0.3, 0.4) is 0 Å². The lowest BCUT2D eigenvalue weighted by Gasteiger charge is -2.06. The Bertz CT molecular complexity index is 891. The van der Waals surface area contributed by atoms with Crippen LogP contribution in [0.15, 0.2) is 46.9 Å². The topological polar surface area (TPSA) is 45.9 Å². The Kier molecular flexibility index (Phi) is 4.75. The van der Waals surface area contributed by atoms with Gasteiger partial charge in [-0.1, -0.05) is 18.2 Å². The van der Waals surface area contributed by atoms with Crippen molar-refractivity contribution in [2.75, 3.05) is 6.61 Å². The summed E-state index contributed by atoms with van der Waals surface area (Å²) in [6, 6.07) is 15.9. The molecule has 0 unspecified atom stereocenters. The number of benzene rings is 2. The van der Waals surface area contributed by atoms with Gasteiger partial charge in [-0.15, -0.1) is 11.3 Å². The number of rotatable bonds is 4. The molecule has 0 aliphatic rings. The Morgan fingerprint density at radius 1 is 1.35 bits per heavy atom. The van der Waals surface area contributed by atoms with Crippen LogP contribution < -0.4 is 4.74 Å². The summed E-state index contributed by atoms with van der Waals surface area (Å²) in [6.07, 6.45) is 1.85. The Labute approximate surface area is 147 Å². The largest absolute Gasteiger partial charge is 0.493 e. The summed E-state index contributed by atoms with van der Waals surface area (Å²) >= 11 is 5.02. The number of thiazole rings is 1. The van der Waals surface area contributed by atoms with E-state index in [1.165, 1.54) is 11.3 Å². The van der Waals surface area contributed by atoms with Gasteiger partial charge in [0.25, 0.3) is 0 Å². The molecule has 0 bridgehead atoms. The Hall–Kier alpha value is -2.16. The van der Waals surface area contributed by atoms with Crippen LogP contribution in [0.2, 0.25) is 0 Å². The van der Waals surface area contributed by atoms with Crippen LogP contribution >= 0.6 is 27.3 Å². The van der Waals surface area contributed by atoms with E-state index in [9.17, 15) is 5.26 Å². The first-order valence-corrected chi connectivity index (χ1v) is 8.72. The van der Waals surface area contributed by atoms with Crippen molar-refractivity contribution in [2.24, 2.45) is 0 Å². The zero-order chi connectivity index (χ0) is 16.2. The molecule has 0 aliphatic carbocycles. The molecule has 5 heteroatoms. The molecule has 23 heavy (non-hydrogen) atoms. The summed E-state index contributed by atoms with van der Waals surface area (Å²) in [4.78, 5) is 4.54. The number of aromatic nitrogens is 1. The number of hydrogen-bond acceptors (Lipinski definition) is 4. The van der Waals surface area contributed by atoms with Gasteiger partial charge >= 0.3 is 0 Å². The number of allylic oxidation sites excluding steroid dienone is 1. The minimum absolute atomic E-state index is 0.558. The maximum Gasteiger partial charge on any atom is 0.135 e. The molecule has 2 aromatic carbocycles. The highest BCUT2D eigenvalue weighted by atomic mass is 79.9. The van der Waals surface area contributed by atoms with E-state index in [2.05, 4.69) is 27.0 Å². The fourth-order valence-corrected chi connectivity index (χ4v) is 3.62. The Morgan fingerprint density at radius 3 is 2.87 bits per heavy atom. The van der Waals surface area contributed by atoms with Crippen molar-refractivity contribution in [1.82, 2.24) is 4.98 Å². The molecule has 3 nitrogen and oxygen atoms in total. The van der Waals surface area contributed by atoms with Crippen molar-refractivity contribution in [3.8, 4) is 11.8 Å². The lowest BCUT2D eigenvalue weighted by atomic mass is 10.1. The second-order valence-corrected chi connectivity index (χ2v) is 6.66. The minimum atomic E-state index is 0.558. The van der Waals surface area contributed by atoms with Gasteiger partial charge < -0.3 is 4.74 Å². The van der Waals surface area contributed by atoms with Crippen LogP contribution in [0.25, 0.3) is 21.9 Å². The highest BCUT2D eigenvalue weighted by Crippen LogP contribution is 2.30. The molecule has 0 fully saturated rings. The second-order valence-electron chi connectivity index (χ2n) is 4.78. The van der Waals surface area contributed by atoms with Gasteiger partial charge in [0.1, 0.15) is 16.8 Å². The maximum absolute atomic E-state index is 9.49. The molecule has 3 rings (SSSR count). The predicted octanol–water partition coefficient (Wildman–Crippen LogP) is 5.52. The third kappa shape index (κ3) is 3.44. The third-order valence-electron chi connectivity index (χ3n) is 3.21. The molecule has 0 N–H and O–H groups in total. The molecule has 0 saturated carbocycles. The normalized spacial score (nSPS) is 11.4. The van der Waals surface area contributed by atoms with Crippen molar-refractivity contribution >= 4 is 49.1 Å². The van der Waals surface area contributed by atoms with Crippen molar-refractivity contribution in [2.45, 2.75) is 6.92 Å². The molecule has 0 aliphatic heterocycles. The molecular weight excluding hydrogens is 372 g/mol. The van der Waals surface area contributed by atoms with E-state index in [0.29, 0.717) is 12.2 Å². The zero-order valence-corrected chi connectivity index (χ0v) is 14.8. The number of ether oxygens (including phenoxy) is 1. The fourth-order valence-electron chi connectivity index (χ4n) is 2.18.